The van der Waals surface area contributed by atoms with Crippen LogP contribution >= 0.6 is 0 Å². The second-order valence-electron chi connectivity index (χ2n) is 2.26. The molecule has 0 radical (unpaired) electrons. The van der Waals surface area contributed by atoms with Crippen molar-refractivity contribution in [3.63, 3.8) is 0 Å². The van der Waals surface area contributed by atoms with Crippen molar-refractivity contribution in [3.05, 3.63) is 30.3 Å². The lowest BCUT2D eigenvalue weighted by Crippen LogP contribution is -2.23. The van der Waals surface area contributed by atoms with Gasteiger partial charge in [0.05, 0.1) is 4.90 Å². The summed E-state index contributed by atoms with van der Waals surface area (Å²) in [6, 6.07) is 5.72. The van der Waals surface area contributed by atoms with Crippen molar-refractivity contribution < 1.29 is 21.6 Å². The molecule has 0 saturated carbocycles. The lowest BCUT2D eigenvalue weighted by molar-refractivity contribution is -0.0436. The molecular formula is C7H9F3N2O2S. The van der Waals surface area contributed by atoms with Crippen LogP contribution in [0.1, 0.15) is 0 Å². The topological polar surface area (TPSA) is 86.2 Å². The third-order valence-electron chi connectivity index (χ3n) is 1.36. The standard InChI is InChI=1S/C7H5F3O2S.H4N2/c8-7(9,10)13(11,12)6-4-2-1-3-5-6;1-2/h1-5H;1-2H2. The monoisotopic (exact) mass is 242 g/mol. The molecule has 1 aromatic rings. The number of alkyl halides is 3. The zero-order valence-electron chi connectivity index (χ0n) is 7.40. The van der Waals surface area contributed by atoms with Gasteiger partial charge in [0.2, 0.25) is 0 Å². The molecule has 0 saturated heterocycles. The zero-order valence-corrected chi connectivity index (χ0v) is 8.22. The molecule has 0 aliphatic heterocycles. The molecule has 0 aliphatic carbocycles. The lowest BCUT2D eigenvalue weighted by atomic mass is 10.4. The third-order valence-corrected chi connectivity index (χ3v) is 2.86. The average molecular weight is 242 g/mol. The second kappa shape index (κ2) is 5.10. The van der Waals surface area contributed by atoms with Crippen molar-refractivity contribution in [1.82, 2.24) is 0 Å². The van der Waals surface area contributed by atoms with Crippen LogP contribution in [0.15, 0.2) is 35.2 Å². The molecule has 0 spiro atoms. The Morgan fingerprint density at radius 1 is 1.00 bits per heavy atom. The summed E-state index contributed by atoms with van der Waals surface area (Å²) in [5, 5.41) is 0. The second-order valence-corrected chi connectivity index (χ2v) is 4.20. The molecule has 4 nitrogen and oxygen atoms in total. The number of sulfone groups is 1. The van der Waals surface area contributed by atoms with E-state index in [1.807, 2.05) is 0 Å². The first kappa shape index (κ1) is 13.9. The highest BCUT2D eigenvalue weighted by Gasteiger charge is 2.46. The van der Waals surface area contributed by atoms with Crippen LogP contribution in [0.25, 0.3) is 0 Å². The maximum Gasteiger partial charge on any atom is 0.501 e. The summed E-state index contributed by atoms with van der Waals surface area (Å²) in [4.78, 5) is -0.734. The fourth-order valence-corrected chi connectivity index (χ4v) is 1.52. The normalized spacial score (nSPS) is 11.5. The van der Waals surface area contributed by atoms with E-state index in [1.165, 1.54) is 18.2 Å². The zero-order chi connectivity index (χ0) is 12.1. The largest absolute Gasteiger partial charge is 0.501 e. The van der Waals surface area contributed by atoms with Gasteiger partial charge in [-0.15, -0.1) is 0 Å². The molecule has 1 rings (SSSR count). The van der Waals surface area contributed by atoms with Gasteiger partial charge in [0.15, 0.2) is 0 Å². The van der Waals surface area contributed by atoms with Gasteiger partial charge in [-0.05, 0) is 12.1 Å². The number of benzene rings is 1. The van der Waals surface area contributed by atoms with E-state index in [4.69, 9.17) is 0 Å². The molecule has 4 N–H and O–H groups in total. The van der Waals surface area contributed by atoms with Crippen LogP contribution in [0.2, 0.25) is 0 Å². The van der Waals surface area contributed by atoms with Crippen molar-refractivity contribution in [2.75, 3.05) is 0 Å². The van der Waals surface area contributed by atoms with Gasteiger partial charge in [0, 0.05) is 0 Å². The summed E-state index contributed by atoms with van der Waals surface area (Å²) >= 11 is 0. The lowest BCUT2D eigenvalue weighted by Gasteiger charge is -2.06. The van der Waals surface area contributed by atoms with Crippen molar-refractivity contribution >= 4 is 9.84 Å². The van der Waals surface area contributed by atoms with E-state index in [9.17, 15) is 21.6 Å². The molecule has 0 amide bonds. The summed E-state index contributed by atoms with van der Waals surface area (Å²) < 4.78 is 57.3. The Kier molecular flexibility index (Phi) is 4.72. The van der Waals surface area contributed by atoms with E-state index in [1.54, 1.807) is 0 Å². The molecule has 0 atom stereocenters. The molecule has 0 heterocycles. The van der Waals surface area contributed by atoms with Crippen molar-refractivity contribution in [2.45, 2.75) is 10.4 Å². The van der Waals surface area contributed by atoms with Crippen LogP contribution < -0.4 is 11.7 Å². The highest BCUT2D eigenvalue weighted by Crippen LogP contribution is 2.29. The molecule has 15 heavy (non-hydrogen) atoms. The number of nitrogens with two attached hydrogens (primary N) is 2. The van der Waals surface area contributed by atoms with Crippen molar-refractivity contribution in [1.29, 1.82) is 0 Å². The molecule has 0 aliphatic rings. The predicted molar refractivity (Wildman–Crippen MR) is 48.1 cm³/mol. The van der Waals surface area contributed by atoms with E-state index >= 15 is 0 Å². The first-order valence-corrected chi connectivity index (χ1v) is 5.04. The predicted octanol–water partition coefficient (Wildman–Crippen LogP) is 0.799. The van der Waals surface area contributed by atoms with Gasteiger partial charge in [-0.1, -0.05) is 18.2 Å². The van der Waals surface area contributed by atoms with Crippen LogP contribution in [0.5, 0.6) is 0 Å². The fraction of sp³-hybridized carbons (Fsp3) is 0.143. The molecule has 0 aromatic heterocycles. The van der Waals surface area contributed by atoms with E-state index in [-0.39, 0.29) is 0 Å². The molecule has 1 aromatic carbocycles. The minimum atomic E-state index is -5.23. The molecule has 86 valence electrons. The summed E-state index contributed by atoms with van der Waals surface area (Å²) in [7, 11) is -5.18. The molecule has 0 fully saturated rings. The summed E-state index contributed by atoms with van der Waals surface area (Å²) in [6.07, 6.45) is 0. The number of rotatable bonds is 1. The third kappa shape index (κ3) is 3.18. The van der Waals surface area contributed by atoms with Gasteiger partial charge in [-0.2, -0.15) is 13.2 Å². The summed E-state index contributed by atoms with van der Waals surface area (Å²) in [5.41, 5.74) is -5.23. The SMILES string of the molecule is NN.O=S(=O)(c1ccccc1)C(F)(F)F. The van der Waals surface area contributed by atoms with Crippen molar-refractivity contribution in [3.8, 4) is 0 Å². The van der Waals surface area contributed by atoms with Gasteiger partial charge in [0.25, 0.3) is 9.84 Å². The van der Waals surface area contributed by atoms with Gasteiger partial charge in [-0.25, -0.2) is 8.42 Å². The number of halogens is 3. The first-order chi connectivity index (χ1) is 6.86. The number of hydrogen-bond donors (Lipinski definition) is 2. The minimum absolute atomic E-state index is 0.734. The maximum absolute atomic E-state index is 11.9. The molecule has 0 bridgehead atoms. The minimum Gasteiger partial charge on any atom is -0.274 e. The highest BCUT2D eigenvalue weighted by atomic mass is 32.2. The van der Waals surface area contributed by atoms with Crippen LogP contribution in [0.3, 0.4) is 0 Å². The van der Waals surface area contributed by atoms with Crippen molar-refractivity contribution in [2.24, 2.45) is 11.7 Å². The Labute approximate surface area is 84.6 Å². The first-order valence-electron chi connectivity index (χ1n) is 3.55. The molecular weight excluding hydrogens is 233 g/mol. The van der Waals surface area contributed by atoms with E-state index in [0.29, 0.717) is 0 Å². The van der Waals surface area contributed by atoms with Crippen LogP contribution in [-0.2, 0) is 9.84 Å². The Morgan fingerprint density at radius 2 is 1.40 bits per heavy atom. The van der Waals surface area contributed by atoms with Crippen LogP contribution in [-0.4, -0.2) is 13.9 Å². The van der Waals surface area contributed by atoms with E-state index in [2.05, 4.69) is 11.7 Å². The van der Waals surface area contributed by atoms with E-state index < -0.39 is 20.2 Å². The Bertz CT molecular complexity index is 388. The Hall–Kier alpha value is -1.12. The summed E-state index contributed by atoms with van der Waals surface area (Å²) in [6.45, 7) is 0. The summed E-state index contributed by atoms with van der Waals surface area (Å²) in [5.74, 6) is 8.00. The Morgan fingerprint density at radius 3 is 1.73 bits per heavy atom. The molecule has 8 heteroatoms. The average Bonchev–Trinajstić information content (AvgIpc) is 2.20. The van der Waals surface area contributed by atoms with Gasteiger partial charge >= 0.3 is 5.51 Å². The number of hydrazine groups is 1. The van der Waals surface area contributed by atoms with Crippen LogP contribution in [0.4, 0.5) is 13.2 Å². The van der Waals surface area contributed by atoms with Gasteiger partial charge in [0.1, 0.15) is 0 Å². The molecule has 0 unspecified atom stereocenters. The Balaban J connectivity index is 0.000000921. The highest BCUT2D eigenvalue weighted by molar-refractivity contribution is 7.92. The van der Waals surface area contributed by atoms with Gasteiger partial charge in [-0.3, -0.25) is 11.7 Å². The van der Waals surface area contributed by atoms with Crippen LogP contribution in [0, 0.1) is 0 Å². The van der Waals surface area contributed by atoms with E-state index in [0.717, 1.165) is 12.1 Å². The maximum atomic E-state index is 11.9. The quantitative estimate of drug-likeness (QED) is 0.563. The number of hydrogen-bond acceptors (Lipinski definition) is 4. The fourth-order valence-electron chi connectivity index (χ4n) is 0.733. The smallest absolute Gasteiger partial charge is 0.274 e. The van der Waals surface area contributed by atoms with Gasteiger partial charge < -0.3 is 0 Å².